The molecule has 0 aliphatic heterocycles. The molecule has 5 nitrogen and oxygen atoms in total. The number of methoxy groups -OCH3 is 2. The van der Waals surface area contributed by atoms with E-state index in [2.05, 4.69) is 10.6 Å². The second-order valence-electron chi connectivity index (χ2n) is 5.20. The highest BCUT2D eigenvalue weighted by Crippen LogP contribution is 2.24. The first kappa shape index (κ1) is 16.7. The Bertz CT molecular complexity index is 654. The second kappa shape index (κ2) is 8.08. The molecule has 2 aromatic rings. The van der Waals surface area contributed by atoms with Crippen LogP contribution in [0.15, 0.2) is 42.5 Å². The summed E-state index contributed by atoms with van der Waals surface area (Å²) in [5.74, 6) is 1.40. The summed E-state index contributed by atoms with van der Waals surface area (Å²) >= 11 is 0. The molecule has 2 aromatic carbocycles. The van der Waals surface area contributed by atoms with E-state index < -0.39 is 0 Å². The summed E-state index contributed by atoms with van der Waals surface area (Å²) in [6, 6.07) is 13.3. The minimum atomic E-state index is -0.219. The van der Waals surface area contributed by atoms with Crippen LogP contribution in [0.2, 0.25) is 0 Å². The molecule has 122 valence electrons. The van der Waals surface area contributed by atoms with E-state index in [4.69, 9.17) is 9.47 Å². The summed E-state index contributed by atoms with van der Waals surface area (Å²) < 4.78 is 10.5. The number of carbonyl (C=O) groups is 1. The van der Waals surface area contributed by atoms with E-state index in [1.807, 2.05) is 43.3 Å². The fourth-order valence-electron chi connectivity index (χ4n) is 2.12. The maximum Gasteiger partial charge on any atom is 0.315 e. The third kappa shape index (κ3) is 4.92. The van der Waals surface area contributed by atoms with Crippen molar-refractivity contribution in [3.05, 3.63) is 59.2 Å². The first-order valence-electron chi connectivity index (χ1n) is 7.40. The molecule has 0 bridgehead atoms. The highest BCUT2D eigenvalue weighted by atomic mass is 16.5. The van der Waals surface area contributed by atoms with Crippen molar-refractivity contribution < 1.29 is 14.3 Å². The van der Waals surface area contributed by atoms with Crippen molar-refractivity contribution in [2.45, 2.75) is 20.0 Å². The quantitative estimate of drug-likeness (QED) is 0.861. The lowest BCUT2D eigenvalue weighted by Gasteiger charge is -2.12. The molecule has 23 heavy (non-hydrogen) atoms. The third-order valence-electron chi connectivity index (χ3n) is 3.51. The molecule has 0 radical (unpaired) electrons. The van der Waals surface area contributed by atoms with Crippen LogP contribution in [0.1, 0.15) is 16.7 Å². The molecular weight excluding hydrogens is 292 g/mol. The Labute approximate surface area is 136 Å². The number of ether oxygens (including phenoxy) is 2. The zero-order chi connectivity index (χ0) is 16.7. The third-order valence-corrected chi connectivity index (χ3v) is 3.51. The zero-order valence-corrected chi connectivity index (χ0v) is 13.7. The molecule has 0 spiro atoms. The molecule has 0 aliphatic carbocycles. The van der Waals surface area contributed by atoms with E-state index in [1.165, 1.54) is 5.56 Å². The maximum atomic E-state index is 11.9. The van der Waals surface area contributed by atoms with Crippen LogP contribution in [-0.2, 0) is 13.1 Å². The van der Waals surface area contributed by atoms with Crippen LogP contribution in [0.25, 0.3) is 0 Å². The normalized spacial score (nSPS) is 10.0. The predicted molar refractivity (Wildman–Crippen MR) is 89.8 cm³/mol. The number of rotatable bonds is 6. The highest BCUT2D eigenvalue weighted by Gasteiger charge is 2.07. The maximum absolute atomic E-state index is 11.9. The van der Waals surface area contributed by atoms with Crippen molar-refractivity contribution in [2.24, 2.45) is 0 Å². The van der Waals surface area contributed by atoms with E-state index in [0.29, 0.717) is 18.8 Å². The SMILES string of the molecule is COc1ccc(CNC(=O)NCc2ccc(C)cc2)c(OC)c1. The first-order valence-corrected chi connectivity index (χ1v) is 7.40. The zero-order valence-electron chi connectivity index (χ0n) is 13.7. The smallest absolute Gasteiger partial charge is 0.315 e. The minimum absolute atomic E-state index is 0.219. The average Bonchev–Trinajstić information content (AvgIpc) is 2.59. The summed E-state index contributed by atoms with van der Waals surface area (Å²) in [4.78, 5) is 11.9. The lowest BCUT2D eigenvalue weighted by molar-refractivity contribution is 0.240. The van der Waals surface area contributed by atoms with Crippen molar-refractivity contribution in [2.75, 3.05) is 14.2 Å². The average molecular weight is 314 g/mol. The molecule has 0 unspecified atom stereocenters. The Kier molecular flexibility index (Phi) is 5.86. The number of nitrogens with one attached hydrogen (secondary N) is 2. The lowest BCUT2D eigenvalue weighted by Crippen LogP contribution is -2.34. The topological polar surface area (TPSA) is 59.6 Å². The highest BCUT2D eigenvalue weighted by molar-refractivity contribution is 5.73. The van der Waals surface area contributed by atoms with Gasteiger partial charge in [-0.3, -0.25) is 0 Å². The number of aryl methyl sites for hydroxylation is 1. The van der Waals surface area contributed by atoms with Gasteiger partial charge in [0.05, 0.1) is 14.2 Å². The minimum Gasteiger partial charge on any atom is -0.497 e. The van der Waals surface area contributed by atoms with Gasteiger partial charge in [0.1, 0.15) is 11.5 Å². The van der Waals surface area contributed by atoms with Crippen molar-refractivity contribution in [3.8, 4) is 11.5 Å². The summed E-state index contributed by atoms with van der Waals surface area (Å²) in [5, 5.41) is 5.66. The van der Waals surface area contributed by atoms with Gasteiger partial charge in [0, 0.05) is 24.7 Å². The fourth-order valence-corrected chi connectivity index (χ4v) is 2.12. The van der Waals surface area contributed by atoms with Crippen LogP contribution in [0.5, 0.6) is 11.5 Å². The van der Waals surface area contributed by atoms with Gasteiger partial charge in [-0.2, -0.15) is 0 Å². The van der Waals surface area contributed by atoms with Gasteiger partial charge in [-0.05, 0) is 24.6 Å². The molecular formula is C18H22N2O3. The van der Waals surface area contributed by atoms with E-state index in [-0.39, 0.29) is 6.03 Å². The van der Waals surface area contributed by atoms with E-state index in [9.17, 15) is 4.79 Å². The van der Waals surface area contributed by atoms with Crippen molar-refractivity contribution in [3.63, 3.8) is 0 Å². The van der Waals surface area contributed by atoms with Crippen LogP contribution in [0.3, 0.4) is 0 Å². The molecule has 0 saturated carbocycles. The van der Waals surface area contributed by atoms with Gasteiger partial charge in [-0.1, -0.05) is 29.8 Å². The van der Waals surface area contributed by atoms with Gasteiger partial charge in [0.2, 0.25) is 0 Å². The monoisotopic (exact) mass is 314 g/mol. The standard InChI is InChI=1S/C18H22N2O3/c1-13-4-6-14(7-5-13)11-19-18(21)20-12-15-8-9-16(22-2)10-17(15)23-3/h4-10H,11-12H2,1-3H3,(H2,19,20,21). The summed E-state index contributed by atoms with van der Waals surface area (Å²) in [7, 11) is 3.20. The first-order chi connectivity index (χ1) is 11.1. The molecule has 0 aromatic heterocycles. The Morgan fingerprint density at radius 3 is 2.30 bits per heavy atom. The lowest BCUT2D eigenvalue weighted by atomic mass is 10.1. The number of hydrogen-bond donors (Lipinski definition) is 2. The van der Waals surface area contributed by atoms with Gasteiger partial charge in [0.15, 0.2) is 0 Å². The van der Waals surface area contributed by atoms with E-state index in [0.717, 1.165) is 16.9 Å². The number of urea groups is 1. The summed E-state index contributed by atoms with van der Waals surface area (Å²) in [6.07, 6.45) is 0. The molecule has 0 saturated heterocycles. The molecule has 2 amide bonds. The largest absolute Gasteiger partial charge is 0.497 e. The van der Waals surface area contributed by atoms with Gasteiger partial charge in [-0.25, -0.2) is 4.79 Å². The van der Waals surface area contributed by atoms with E-state index in [1.54, 1.807) is 20.3 Å². The van der Waals surface area contributed by atoms with Crippen molar-refractivity contribution in [1.82, 2.24) is 10.6 Å². The van der Waals surface area contributed by atoms with Crippen LogP contribution in [-0.4, -0.2) is 20.3 Å². The van der Waals surface area contributed by atoms with Crippen LogP contribution < -0.4 is 20.1 Å². The van der Waals surface area contributed by atoms with Gasteiger partial charge < -0.3 is 20.1 Å². The second-order valence-corrected chi connectivity index (χ2v) is 5.20. The summed E-state index contributed by atoms with van der Waals surface area (Å²) in [5.41, 5.74) is 3.15. The summed E-state index contributed by atoms with van der Waals surface area (Å²) in [6.45, 7) is 2.91. The van der Waals surface area contributed by atoms with Crippen molar-refractivity contribution in [1.29, 1.82) is 0 Å². The number of hydrogen-bond acceptors (Lipinski definition) is 3. The Morgan fingerprint density at radius 2 is 1.65 bits per heavy atom. The molecule has 0 heterocycles. The molecule has 2 N–H and O–H groups in total. The van der Waals surface area contributed by atoms with Crippen LogP contribution in [0, 0.1) is 6.92 Å². The molecule has 0 atom stereocenters. The van der Waals surface area contributed by atoms with Crippen LogP contribution >= 0.6 is 0 Å². The Morgan fingerprint density at radius 1 is 0.957 bits per heavy atom. The number of amides is 2. The molecule has 0 aliphatic rings. The molecule has 2 rings (SSSR count). The van der Waals surface area contributed by atoms with E-state index >= 15 is 0 Å². The number of carbonyl (C=O) groups excluding carboxylic acids is 1. The molecule has 5 heteroatoms. The fraction of sp³-hybridized carbons (Fsp3) is 0.278. The van der Waals surface area contributed by atoms with Gasteiger partial charge in [0.25, 0.3) is 0 Å². The predicted octanol–water partition coefficient (Wildman–Crippen LogP) is 3.01. The van der Waals surface area contributed by atoms with Gasteiger partial charge >= 0.3 is 6.03 Å². The number of benzene rings is 2. The van der Waals surface area contributed by atoms with Gasteiger partial charge in [-0.15, -0.1) is 0 Å². The Hall–Kier alpha value is -2.69. The van der Waals surface area contributed by atoms with Crippen LogP contribution in [0.4, 0.5) is 4.79 Å². The van der Waals surface area contributed by atoms with Crippen molar-refractivity contribution >= 4 is 6.03 Å². The molecule has 0 fully saturated rings. The Balaban J connectivity index is 1.85.